The molecule has 24 heavy (non-hydrogen) atoms. The lowest BCUT2D eigenvalue weighted by atomic mass is 9.96. The number of methoxy groups -OCH3 is 1. The lowest BCUT2D eigenvalue weighted by Gasteiger charge is -2.23. The molecule has 1 fully saturated rings. The summed E-state index contributed by atoms with van der Waals surface area (Å²) in [5, 5.41) is 3.29. The van der Waals surface area contributed by atoms with Crippen molar-refractivity contribution < 1.29 is 23.9 Å². The molecule has 0 saturated carbocycles. The van der Waals surface area contributed by atoms with Gasteiger partial charge in [0.1, 0.15) is 11.4 Å². The molecule has 1 aromatic carbocycles. The molecule has 0 radical (unpaired) electrons. The van der Waals surface area contributed by atoms with Crippen LogP contribution in [0.2, 0.25) is 0 Å². The van der Waals surface area contributed by atoms with Crippen molar-refractivity contribution in [1.82, 2.24) is 5.32 Å². The quantitative estimate of drug-likeness (QED) is 0.675. The summed E-state index contributed by atoms with van der Waals surface area (Å²) in [5.74, 6) is -0.0602. The maximum atomic E-state index is 11.4. The van der Waals surface area contributed by atoms with Gasteiger partial charge in [0.15, 0.2) is 0 Å². The smallest absolute Gasteiger partial charge is 0.337 e. The number of Topliss-reactive ketones (excluding diaryl/α,β-unsaturated/α-hetero) is 1. The summed E-state index contributed by atoms with van der Waals surface area (Å²) in [6, 6.07) is 7.25. The van der Waals surface area contributed by atoms with Crippen LogP contribution in [0, 0.1) is 0 Å². The number of carbonyl (C=O) groups is 3. The van der Waals surface area contributed by atoms with Gasteiger partial charge in [-0.05, 0) is 38.5 Å². The van der Waals surface area contributed by atoms with Crippen LogP contribution in [0.3, 0.4) is 0 Å². The zero-order valence-electron chi connectivity index (χ0n) is 14.6. The summed E-state index contributed by atoms with van der Waals surface area (Å²) in [6.45, 7) is 6.65. The standard InChI is InChI=1S/C13H15NO3.C5H10O2/c1-17-13(16)10-4-2-9(3-5-10)12-8-11(15)6-7-14-12;1-5(2,3)7-4-6/h2-5,12,14H,6-8H2,1H3;4H,1-3H3. The van der Waals surface area contributed by atoms with E-state index in [2.05, 4.69) is 14.8 Å². The molecular formula is C18H25NO5. The number of piperidine rings is 1. The second-order valence-corrected chi connectivity index (χ2v) is 6.44. The van der Waals surface area contributed by atoms with E-state index in [1.807, 2.05) is 32.9 Å². The van der Waals surface area contributed by atoms with E-state index in [0.717, 1.165) is 12.1 Å². The minimum absolute atomic E-state index is 0.0722. The molecule has 0 aromatic heterocycles. The van der Waals surface area contributed by atoms with Gasteiger partial charge in [0, 0.05) is 25.4 Å². The van der Waals surface area contributed by atoms with Crippen molar-refractivity contribution in [3.05, 3.63) is 35.4 Å². The van der Waals surface area contributed by atoms with Crippen LogP contribution in [-0.4, -0.2) is 37.5 Å². The Morgan fingerprint density at radius 1 is 1.25 bits per heavy atom. The fourth-order valence-corrected chi connectivity index (χ4v) is 2.14. The SMILES string of the molecule is CC(C)(C)OC=O.COC(=O)c1ccc(C2CC(=O)CCN2)cc1. The molecule has 1 aliphatic rings. The van der Waals surface area contributed by atoms with Gasteiger partial charge in [0.05, 0.1) is 12.7 Å². The number of nitrogens with one attached hydrogen (secondary N) is 1. The third-order valence-corrected chi connectivity index (χ3v) is 3.36. The molecule has 1 atom stereocenters. The van der Waals surface area contributed by atoms with E-state index in [1.165, 1.54) is 7.11 Å². The fourth-order valence-electron chi connectivity index (χ4n) is 2.14. The van der Waals surface area contributed by atoms with Crippen molar-refractivity contribution in [3.8, 4) is 0 Å². The highest BCUT2D eigenvalue weighted by Crippen LogP contribution is 2.21. The predicted molar refractivity (Wildman–Crippen MR) is 89.7 cm³/mol. The summed E-state index contributed by atoms with van der Waals surface area (Å²) >= 11 is 0. The first-order chi connectivity index (χ1) is 11.3. The second kappa shape index (κ2) is 9.17. The molecule has 132 valence electrons. The first-order valence-corrected chi connectivity index (χ1v) is 7.81. The number of rotatable bonds is 3. The highest BCUT2D eigenvalue weighted by Gasteiger charge is 2.20. The Hall–Kier alpha value is -2.21. The molecule has 0 bridgehead atoms. The molecule has 1 unspecified atom stereocenters. The molecule has 1 saturated heterocycles. The summed E-state index contributed by atoms with van der Waals surface area (Å²) < 4.78 is 9.18. The van der Waals surface area contributed by atoms with Crippen LogP contribution < -0.4 is 5.32 Å². The Kier molecular flexibility index (Phi) is 7.58. The normalized spacial score (nSPS) is 17.3. The van der Waals surface area contributed by atoms with Gasteiger partial charge in [0.25, 0.3) is 6.47 Å². The van der Waals surface area contributed by atoms with Crippen LogP contribution in [-0.2, 0) is 19.1 Å². The van der Waals surface area contributed by atoms with Gasteiger partial charge in [-0.2, -0.15) is 0 Å². The van der Waals surface area contributed by atoms with E-state index >= 15 is 0 Å². The number of hydrogen-bond donors (Lipinski definition) is 1. The van der Waals surface area contributed by atoms with Crippen molar-refractivity contribution in [2.75, 3.05) is 13.7 Å². The van der Waals surface area contributed by atoms with Crippen LogP contribution in [0.4, 0.5) is 0 Å². The van der Waals surface area contributed by atoms with E-state index in [9.17, 15) is 14.4 Å². The molecule has 2 rings (SSSR count). The second-order valence-electron chi connectivity index (χ2n) is 6.44. The van der Waals surface area contributed by atoms with Crippen LogP contribution >= 0.6 is 0 Å². The zero-order valence-corrected chi connectivity index (χ0v) is 14.6. The average molecular weight is 335 g/mol. The fraction of sp³-hybridized carbons (Fsp3) is 0.500. The van der Waals surface area contributed by atoms with Gasteiger partial charge >= 0.3 is 5.97 Å². The molecule has 0 spiro atoms. The predicted octanol–water partition coefficient (Wildman–Crippen LogP) is 2.42. The monoisotopic (exact) mass is 335 g/mol. The Labute approximate surface area is 142 Å². The Morgan fingerprint density at radius 2 is 1.88 bits per heavy atom. The van der Waals surface area contributed by atoms with Gasteiger partial charge in [-0.15, -0.1) is 0 Å². The van der Waals surface area contributed by atoms with E-state index in [0.29, 0.717) is 24.9 Å². The van der Waals surface area contributed by atoms with Crippen LogP contribution in [0.1, 0.15) is 55.6 Å². The third kappa shape index (κ3) is 6.91. The van der Waals surface area contributed by atoms with Crippen molar-refractivity contribution in [2.45, 2.75) is 45.3 Å². The first-order valence-electron chi connectivity index (χ1n) is 7.81. The summed E-state index contributed by atoms with van der Waals surface area (Å²) in [4.78, 5) is 32.2. The number of ether oxygens (including phenoxy) is 2. The Morgan fingerprint density at radius 3 is 2.29 bits per heavy atom. The maximum Gasteiger partial charge on any atom is 0.337 e. The van der Waals surface area contributed by atoms with E-state index < -0.39 is 0 Å². The lowest BCUT2D eigenvalue weighted by molar-refractivity contribution is -0.138. The van der Waals surface area contributed by atoms with Gasteiger partial charge in [-0.1, -0.05) is 12.1 Å². The third-order valence-electron chi connectivity index (χ3n) is 3.36. The summed E-state index contributed by atoms with van der Waals surface area (Å²) in [7, 11) is 1.36. The molecule has 6 heteroatoms. The molecule has 0 aliphatic carbocycles. The van der Waals surface area contributed by atoms with Gasteiger partial charge < -0.3 is 14.8 Å². The average Bonchev–Trinajstić information content (AvgIpc) is 2.54. The lowest BCUT2D eigenvalue weighted by Crippen LogP contribution is -2.31. The van der Waals surface area contributed by atoms with Crippen molar-refractivity contribution in [3.63, 3.8) is 0 Å². The number of hydrogen-bond acceptors (Lipinski definition) is 6. The minimum Gasteiger partial charge on any atom is -0.465 e. The van der Waals surface area contributed by atoms with E-state index in [4.69, 9.17) is 0 Å². The van der Waals surface area contributed by atoms with Crippen molar-refractivity contribution >= 4 is 18.2 Å². The van der Waals surface area contributed by atoms with E-state index in [-0.39, 0.29) is 23.4 Å². The van der Waals surface area contributed by atoms with Crippen LogP contribution in [0.25, 0.3) is 0 Å². The molecule has 6 nitrogen and oxygen atoms in total. The van der Waals surface area contributed by atoms with Crippen LogP contribution in [0.15, 0.2) is 24.3 Å². The molecule has 1 N–H and O–H groups in total. The number of carbonyl (C=O) groups excluding carboxylic acids is 3. The minimum atomic E-state index is -0.343. The highest BCUT2D eigenvalue weighted by molar-refractivity contribution is 5.89. The molecule has 0 amide bonds. The molecular weight excluding hydrogens is 310 g/mol. The highest BCUT2D eigenvalue weighted by atomic mass is 16.5. The van der Waals surface area contributed by atoms with E-state index in [1.54, 1.807) is 12.1 Å². The summed E-state index contributed by atoms with van der Waals surface area (Å²) in [6.07, 6.45) is 1.13. The topological polar surface area (TPSA) is 81.7 Å². The Balaban J connectivity index is 0.000000351. The zero-order chi connectivity index (χ0) is 18.2. The van der Waals surface area contributed by atoms with Gasteiger partial charge in [-0.3, -0.25) is 9.59 Å². The molecule has 1 aliphatic heterocycles. The first kappa shape index (κ1) is 19.8. The van der Waals surface area contributed by atoms with Crippen LogP contribution in [0.5, 0.6) is 0 Å². The van der Waals surface area contributed by atoms with Crippen molar-refractivity contribution in [2.24, 2.45) is 0 Å². The van der Waals surface area contributed by atoms with Gasteiger partial charge in [-0.25, -0.2) is 4.79 Å². The summed E-state index contributed by atoms with van der Waals surface area (Å²) in [5.41, 5.74) is 1.24. The maximum absolute atomic E-state index is 11.4. The Bertz CT molecular complexity index is 560. The number of esters is 1. The van der Waals surface area contributed by atoms with Crippen molar-refractivity contribution in [1.29, 1.82) is 0 Å². The number of benzene rings is 1. The number of ketones is 1. The molecule has 1 aromatic rings. The molecule has 1 heterocycles. The largest absolute Gasteiger partial charge is 0.465 e. The van der Waals surface area contributed by atoms with Gasteiger partial charge in [0.2, 0.25) is 0 Å².